The van der Waals surface area contributed by atoms with Gasteiger partial charge in [0.05, 0.1) is 20.2 Å². The van der Waals surface area contributed by atoms with Crippen molar-refractivity contribution in [2.45, 2.75) is 13.1 Å². The van der Waals surface area contributed by atoms with E-state index in [0.717, 1.165) is 37.7 Å². The summed E-state index contributed by atoms with van der Waals surface area (Å²) in [6.07, 6.45) is 1.77. The normalized spacial score (nSPS) is 16.0. The summed E-state index contributed by atoms with van der Waals surface area (Å²) in [5.41, 5.74) is 5.47. The molecule has 2 aromatic heterocycles. The fourth-order valence-corrected chi connectivity index (χ4v) is 2.47. The first-order valence-corrected chi connectivity index (χ1v) is 7.27. The standard InChI is InChI=1S/C14H20N6O2/c1-21-11-2-3-16-13(8-11)20-6-4-19(5-7-20)10-12-17-14(9-15)22-18-12/h2-3,8H,4-7,9-10,15H2,1H3. The van der Waals surface area contributed by atoms with Gasteiger partial charge in [0.2, 0.25) is 5.89 Å². The van der Waals surface area contributed by atoms with E-state index in [1.807, 2.05) is 12.1 Å². The zero-order valence-electron chi connectivity index (χ0n) is 12.6. The molecule has 2 aromatic rings. The number of anilines is 1. The molecule has 0 atom stereocenters. The third kappa shape index (κ3) is 3.34. The first-order chi connectivity index (χ1) is 10.8. The van der Waals surface area contributed by atoms with Crippen LogP contribution in [-0.4, -0.2) is 53.3 Å². The summed E-state index contributed by atoms with van der Waals surface area (Å²) < 4.78 is 10.3. The highest BCUT2D eigenvalue weighted by Gasteiger charge is 2.20. The zero-order valence-corrected chi connectivity index (χ0v) is 12.6. The fourth-order valence-electron chi connectivity index (χ4n) is 2.47. The van der Waals surface area contributed by atoms with E-state index in [1.165, 1.54) is 0 Å². The Morgan fingerprint density at radius 1 is 1.32 bits per heavy atom. The van der Waals surface area contributed by atoms with Gasteiger partial charge in [-0.3, -0.25) is 4.90 Å². The van der Waals surface area contributed by atoms with Gasteiger partial charge in [0, 0.05) is 38.4 Å². The van der Waals surface area contributed by atoms with Gasteiger partial charge in [0.25, 0.3) is 0 Å². The molecule has 1 aliphatic heterocycles. The van der Waals surface area contributed by atoms with Gasteiger partial charge in [-0.1, -0.05) is 5.16 Å². The van der Waals surface area contributed by atoms with Crippen LogP contribution in [0, 0.1) is 0 Å². The fraction of sp³-hybridized carbons (Fsp3) is 0.500. The summed E-state index contributed by atoms with van der Waals surface area (Å²) in [5.74, 6) is 2.94. The smallest absolute Gasteiger partial charge is 0.240 e. The highest BCUT2D eigenvalue weighted by Crippen LogP contribution is 2.19. The van der Waals surface area contributed by atoms with Crippen molar-refractivity contribution in [2.24, 2.45) is 5.73 Å². The van der Waals surface area contributed by atoms with E-state index in [0.29, 0.717) is 18.3 Å². The Bertz CT molecular complexity index is 609. The van der Waals surface area contributed by atoms with Crippen LogP contribution >= 0.6 is 0 Å². The number of rotatable bonds is 5. The van der Waals surface area contributed by atoms with Crippen LogP contribution in [0.2, 0.25) is 0 Å². The van der Waals surface area contributed by atoms with Gasteiger partial charge in [0.1, 0.15) is 11.6 Å². The van der Waals surface area contributed by atoms with Crippen LogP contribution < -0.4 is 15.4 Å². The van der Waals surface area contributed by atoms with Crippen molar-refractivity contribution in [2.75, 3.05) is 38.2 Å². The Kier molecular flexibility index (Phi) is 4.50. The predicted octanol–water partition coefficient (Wildman–Crippen LogP) is 0.254. The molecule has 8 nitrogen and oxygen atoms in total. The van der Waals surface area contributed by atoms with Crippen molar-refractivity contribution in [3.8, 4) is 5.75 Å². The minimum atomic E-state index is 0.280. The number of ether oxygens (including phenoxy) is 1. The van der Waals surface area contributed by atoms with E-state index in [2.05, 4.69) is 24.9 Å². The molecule has 0 saturated carbocycles. The van der Waals surface area contributed by atoms with Gasteiger partial charge in [0.15, 0.2) is 5.82 Å². The van der Waals surface area contributed by atoms with Crippen LogP contribution in [0.5, 0.6) is 5.75 Å². The van der Waals surface area contributed by atoms with Gasteiger partial charge >= 0.3 is 0 Å². The Labute approximate surface area is 128 Å². The summed E-state index contributed by atoms with van der Waals surface area (Å²) in [6, 6.07) is 3.81. The number of pyridine rings is 1. The van der Waals surface area contributed by atoms with E-state index in [1.54, 1.807) is 13.3 Å². The number of aromatic nitrogens is 3. The van der Waals surface area contributed by atoms with Crippen LogP contribution in [0.3, 0.4) is 0 Å². The van der Waals surface area contributed by atoms with Crippen molar-refractivity contribution in [3.05, 3.63) is 30.0 Å². The Morgan fingerprint density at radius 3 is 2.82 bits per heavy atom. The molecule has 3 rings (SSSR count). The molecule has 8 heteroatoms. The Hall–Kier alpha value is -2.19. The third-order valence-corrected chi connectivity index (χ3v) is 3.70. The van der Waals surface area contributed by atoms with Gasteiger partial charge in [-0.25, -0.2) is 4.98 Å². The van der Waals surface area contributed by atoms with E-state index in [9.17, 15) is 0 Å². The lowest BCUT2D eigenvalue weighted by atomic mass is 10.3. The van der Waals surface area contributed by atoms with Crippen molar-refractivity contribution in [3.63, 3.8) is 0 Å². The van der Waals surface area contributed by atoms with E-state index in [-0.39, 0.29) is 6.54 Å². The minimum absolute atomic E-state index is 0.280. The molecule has 2 N–H and O–H groups in total. The number of piperazine rings is 1. The molecule has 0 spiro atoms. The summed E-state index contributed by atoms with van der Waals surface area (Å²) in [6.45, 7) is 4.62. The van der Waals surface area contributed by atoms with E-state index < -0.39 is 0 Å². The largest absolute Gasteiger partial charge is 0.497 e. The van der Waals surface area contributed by atoms with Gasteiger partial charge in [-0.05, 0) is 6.07 Å². The monoisotopic (exact) mass is 304 g/mol. The first-order valence-electron chi connectivity index (χ1n) is 7.27. The van der Waals surface area contributed by atoms with Crippen molar-refractivity contribution >= 4 is 5.82 Å². The maximum Gasteiger partial charge on any atom is 0.240 e. The minimum Gasteiger partial charge on any atom is -0.497 e. The predicted molar refractivity (Wildman–Crippen MR) is 80.5 cm³/mol. The number of hydrogen-bond donors (Lipinski definition) is 1. The summed E-state index contributed by atoms with van der Waals surface area (Å²) in [7, 11) is 1.66. The van der Waals surface area contributed by atoms with Crippen LogP contribution in [0.4, 0.5) is 5.82 Å². The van der Waals surface area contributed by atoms with Crippen molar-refractivity contribution in [1.29, 1.82) is 0 Å². The average Bonchev–Trinajstić information content (AvgIpc) is 3.03. The topological polar surface area (TPSA) is 93.5 Å². The number of methoxy groups -OCH3 is 1. The summed E-state index contributed by atoms with van der Waals surface area (Å²) in [5, 5.41) is 3.93. The lowest BCUT2D eigenvalue weighted by molar-refractivity contribution is 0.239. The van der Waals surface area contributed by atoms with E-state index >= 15 is 0 Å². The molecule has 22 heavy (non-hydrogen) atoms. The zero-order chi connectivity index (χ0) is 15.4. The summed E-state index contributed by atoms with van der Waals surface area (Å²) in [4.78, 5) is 13.2. The SMILES string of the molecule is COc1ccnc(N2CCN(Cc3noc(CN)n3)CC2)c1. The molecule has 1 aliphatic rings. The number of nitrogens with zero attached hydrogens (tertiary/aromatic N) is 5. The lowest BCUT2D eigenvalue weighted by Crippen LogP contribution is -2.46. The molecular formula is C14H20N6O2. The number of nitrogens with two attached hydrogens (primary N) is 1. The molecule has 1 saturated heterocycles. The molecule has 0 amide bonds. The van der Waals surface area contributed by atoms with Crippen LogP contribution in [0.15, 0.2) is 22.9 Å². The Morgan fingerprint density at radius 2 is 2.14 bits per heavy atom. The average molecular weight is 304 g/mol. The third-order valence-electron chi connectivity index (χ3n) is 3.70. The molecule has 0 aliphatic carbocycles. The van der Waals surface area contributed by atoms with Crippen molar-refractivity contribution < 1.29 is 9.26 Å². The highest BCUT2D eigenvalue weighted by atomic mass is 16.5. The molecule has 1 fully saturated rings. The van der Waals surface area contributed by atoms with Gasteiger partial charge in [-0.2, -0.15) is 4.98 Å². The van der Waals surface area contributed by atoms with Crippen LogP contribution in [0.25, 0.3) is 0 Å². The summed E-state index contributed by atoms with van der Waals surface area (Å²) >= 11 is 0. The molecule has 3 heterocycles. The second-order valence-corrected chi connectivity index (χ2v) is 5.13. The first kappa shape index (κ1) is 14.7. The van der Waals surface area contributed by atoms with Crippen LogP contribution in [-0.2, 0) is 13.1 Å². The highest BCUT2D eigenvalue weighted by molar-refractivity contribution is 5.43. The maximum atomic E-state index is 5.47. The van der Waals surface area contributed by atoms with Gasteiger partial charge < -0.3 is 19.9 Å². The second-order valence-electron chi connectivity index (χ2n) is 5.13. The molecule has 118 valence electrons. The number of hydrogen-bond acceptors (Lipinski definition) is 8. The van der Waals surface area contributed by atoms with Crippen LogP contribution in [0.1, 0.15) is 11.7 Å². The molecule has 0 bridgehead atoms. The molecule has 0 aromatic carbocycles. The molecular weight excluding hydrogens is 284 g/mol. The molecule has 0 unspecified atom stereocenters. The van der Waals surface area contributed by atoms with E-state index in [4.69, 9.17) is 15.0 Å². The maximum absolute atomic E-state index is 5.47. The Balaban J connectivity index is 1.55. The quantitative estimate of drug-likeness (QED) is 0.840. The molecule has 0 radical (unpaired) electrons. The van der Waals surface area contributed by atoms with Crippen molar-refractivity contribution in [1.82, 2.24) is 20.0 Å². The van der Waals surface area contributed by atoms with Gasteiger partial charge in [-0.15, -0.1) is 0 Å². The second kappa shape index (κ2) is 6.71. The lowest BCUT2D eigenvalue weighted by Gasteiger charge is -2.34.